The van der Waals surface area contributed by atoms with Gasteiger partial charge in [-0.2, -0.15) is 13.2 Å². The molecule has 0 aliphatic heterocycles. The first kappa shape index (κ1) is 11.8. The highest BCUT2D eigenvalue weighted by Crippen LogP contribution is 2.26. The standard InChI is InChI=1S/C6H5F3N2O.ClH/c7-6(8,9)4-2-1-3(10)5(12)11-4;/h1-2H,10H2,(H,11,12);1H. The minimum Gasteiger partial charge on any atom is -0.394 e. The molecule has 0 bridgehead atoms. The van der Waals surface area contributed by atoms with E-state index in [0.29, 0.717) is 0 Å². The number of nitrogen functional groups attached to an aromatic ring is 1. The van der Waals surface area contributed by atoms with E-state index in [4.69, 9.17) is 5.73 Å². The number of pyridine rings is 1. The van der Waals surface area contributed by atoms with Crippen LogP contribution in [0.2, 0.25) is 0 Å². The molecule has 0 amide bonds. The van der Waals surface area contributed by atoms with E-state index in [1.165, 1.54) is 0 Å². The normalized spacial score (nSPS) is 10.7. The first-order valence-electron chi connectivity index (χ1n) is 2.97. The molecule has 13 heavy (non-hydrogen) atoms. The minimum atomic E-state index is -4.53. The highest BCUT2D eigenvalue weighted by atomic mass is 35.5. The zero-order valence-electron chi connectivity index (χ0n) is 6.18. The maximum absolute atomic E-state index is 11.9. The fourth-order valence-corrected chi connectivity index (χ4v) is 0.650. The summed E-state index contributed by atoms with van der Waals surface area (Å²) < 4.78 is 35.7. The fraction of sp³-hybridized carbons (Fsp3) is 0.167. The third kappa shape index (κ3) is 2.66. The van der Waals surface area contributed by atoms with Gasteiger partial charge in [0, 0.05) is 0 Å². The molecule has 7 heteroatoms. The molecule has 3 N–H and O–H groups in total. The summed E-state index contributed by atoms with van der Waals surface area (Å²) in [6.45, 7) is 0. The predicted octanol–water partition coefficient (Wildman–Crippen LogP) is 1.40. The van der Waals surface area contributed by atoms with Crippen molar-refractivity contribution in [3.05, 3.63) is 28.2 Å². The number of aromatic amines is 1. The van der Waals surface area contributed by atoms with E-state index in [-0.39, 0.29) is 18.1 Å². The van der Waals surface area contributed by atoms with Crippen LogP contribution in [0.15, 0.2) is 16.9 Å². The minimum absolute atomic E-state index is 0. The number of hydrogen-bond acceptors (Lipinski definition) is 2. The maximum atomic E-state index is 11.9. The van der Waals surface area contributed by atoms with Crippen molar-refractivity contribution in [1.29, 1.82) is 0 Å². The lowest BCUT2D eigenvalue weighted by atomic mass is 10.3. The van der Waals surface area contributed by atoms with Gasteiger partial charge in [-0.1, -0.05) is 0 Å². The Labute approximate surface area is 77.2 Å². The van der Waals surface area contributed by atoms with Crippen LogP contribution in [0.4, 0.5) is 18.9 Å². The van der Waals surface area contributed by atoms with Crippen LogP contribution in [0.25, 0.3) is 0 Å². The van der Waals surface area contributed by atoms with Gasteiger partial charge < -0.3 is 10.7 Å². The molecular formula is C6H6ClF3N2O. The molecular weight excluding hydrogens is 209 g/mol. The Balaban J connectivity index is 0.00000144. The van der Waals surface area contributed by atoms with Crippen LogP contribution in [0.5, 0.6) is 0 Å². The maximum Gasteiger partial charge on any atom is 0.431 e. The van der Waals surface area contributed by atoms with Crippen molar-refractivity contribution in [1.82, 2.24) is 4.98 Å². The van der Waals surface area contributed by atoms with Crippen molar-refractivity contribution < 1.29 is 13.2 Å². The molecule has 74 valence electrons. The molecule has 0 aliphatic rings. The van der Waals surface area contributed by atoms with Crippen molar-refractivity contribution in [2.24, 2.45) is 0 Å². The average Bonchev–Trinajstić information content (AvgIpc) is 1.92. The molecule has 0 aliphatic carbocycles. The lowest BCUT2D eigenvalue weighted by Gasteiger charge is -2.05. The highest BCUT2D eigenvalue weighted by Gasteiger charge is 2.31. The topological polar surface area (TPSA) is 58.9 Å². The Hall–Kier alpha value is -1.17. The van der Waals surface area contributed by atoms with E-state index in [0.717, 1.165) is 12.1 Å². The zero-order valence-corrected chi connectivity index (χ0v) is 7.00. The summed E-state index contributed by atoms with van der Waals surface area (Å²) in [6.07, 6.45) is -4.53. The molecule has 0 aromatic carbocycles. The van der Waals surface area contributed by atoms with Gasteiger partial charge in [0.25, 0.3) is 5.56 Å². The predicted molar refractivity (Wildman–Crippen MR) is 43.7 cm³/mol. The van der Waals surface area contributed by atoms with Gasteiger partial charge in [-0.3, -0.25) is 4.79 Å². The van der Waals surface area contributed by atoms with Gasteiger partial charge >= 0.3 is 6.18 Å². The summed E-state index contributed by atoms with van der Waals surface area (Å²) in [7, 11) is 0. The van der Waals surface area contributed by atoms with E-state index >= 15 is 0 Å². The third-order valence-electron chi connectivity index (χ3n) is 1.25. The van der Waals surface area contributed by atoms with Crippen molar-refractivity contribution in [2.45, 2.75) is 6.18 Å². The Morgan fingerprint density at radius 2 is 1.85 bits per heavy atom. The van der Waals surface area contributed by atoms with Gasteiger partial charge in [-0.15, -0.1) is 12.4 Å². The van der Waals surface area contributed by atoms with Crippen LogP contribution in [-0.2, 0) is 6.18 Å². The summed E-state index contributed by atoms with van der Waals surface area (Å²) >= 11 is 0. The monoisotopic (exact) mass is 214 g/mol. The highest BCUT2D eigenvalue weighted by molar-refractivity contribution is 5.85. The second-order valence-electron chi connectivity index (χ2n) is 2.15. The number of halogens is 4. The Morgan fingerprint density at radius 3 is 2.23 bits per heavy atom. The van der Waals surface area contributed by atoms with Crippen molar-refractivity contribution in [3.8, 4) is 0 Å². The van der Waals surface area contributed by atoms with Gasteiger partial charge in [-0.25, -0.2) is 0 Å². The van der Waals surface area contributed by atoms with E-state index in [2.05, 4.69) is 0 Å². The molecule has 0 unspecified atom stereocenters. The molecule has 0 spiro atoms. The fourth-order valence-electron chi connectivity index (χ4n) is 0.650. The molecule has 0 radical (unpaired) electrons. The van der Waals surface area contributed by atoms with Crippen LogP contribution in [0.1, 0.15) is 5.69 Å². The molecule has 1 rings (SSSR count). The molecule has 1 heterocycles. The molecule has 3 nitrogen and oxygen atoms in total. The lowest BCUT2D eigenvalue weighted by Crippen LogP contribution is -2.18. The summed E-state index contributed by atoms with van der Waals surface area (Å²) in [5.41, 5.74) is 2.77. The lowest BCUT2D eigenvalue weighted by molar-refractivity contribution is -0.141. The van der Waals surface area contributed by atoms with Crippen LogP contribution in [0.3, 0.4) is 0 Å². The van der Waals surface area contributed by atoms with Crippen molar-refractivity contribution >= 4 is 18.1 Å². The average molecular weight is 215 g/mol. The van der Waals surface area contributed by atoms with Crippen molar-refractivity contribution in [3.63, 3.8) is 0 Å². The number of nitrogens with one attached hydrogen (secondary N) is 1. The Morgan fingerprint density at radius 1 is 1.31 bits per heavy atom. The van der Waals surface area contributed by atoms with Gasteiger partial charge in [0.05, 0.1) is 5.69 Å². The second kappa shape index (κ2) is 3.69. The van der Waals surface area contributed by atoms with E-state index < -0.39 is 17.4 Å². The molecule has 1 aromatic rings. The molecule has 0 saturated heterocycles. The van der Waals surface area contributed by atoms with E-state index in [1.807, 2.05) is 0 Å². The van der Waals surface area contributed by atoms with Gasteiger partial charge in [-0.05, 0) is 12.1 Å². The van der Waals surface area contributed by atoms with Crippen LogP contribution < -0.4 is 11.3 Å². The van der Waals surface area contributed by atoms with Gasteiger partial charge in [0.2, 0.25) is 0 Å². The SMILES string of the molecule is Cl.Nc1ccc(C(F)(F)F)[nH]c1=O. The number of anilines is 1. The number of nitrogens with two attached hydrogens (primary N) is 1. The summed E-state index contributed by atoms with van der Waals surface area (Å²) in [4.78, 5) is 12.2. The van der Waals surface area contributed by atoms with E-state index in [1.54, 1.807) is 4.98 Å². The molecule has 1 aromatic heterocycles. The largest absolute Gasteiger partial charge is 0.431 e. The van der Waals surface area contributed by atoms with Crippen LogP contribution >= 0.6 is 12.4 Å². The van der Waals surface area contributed by atoms with Crippen LogP contribution in [-0.4, -0.2) is 4.98 Å². The molecule has 0 saturated carbocycles. The first-order chi connectivity index (χ1) is 5.41. The second-order valence-corrected chi connectivity index (χ2v) is 2.15. The third-order valence-corrected chi connectivity index (χ3v) is 1.25. The van der Waals surface area contributed by atoms with E-state index in [9.17, 15) is 18.0 Å². The Bertz CT molecular complexity index is 346. The first-order valence-corrected chi connectivity index (χ1v) is 2.97. The summed E-state index contributed by atoms with van der Waals surface area (Å²) in [5.74, 6) is 0. The number of alkyl halides is 3. The number of aromatic nitrogens is 1. The van der Waals surface area contributed by atoms with Crippen LogP contribution in [0, 0.1) is 0 Å². The zero-order chi connectivity index (χ0) is 9.35. The number of hydrogen-bond donors (Lipinski definition) is 2. The number of H-pyrrole nitrogens is 1. The summed E-state index contributed by atoms with van der Waals surface area (Å²) in [5, 5.41) is 0. The number of rotatable bonds is 0. The van der Waals surface area contributed by atoms with Crippen molar-refractivity contribution in [2.75, 3.05) is 5.73 Å². The Kier molecular flexibility index (Phi) is 3.36. The smallest absolute Gasteiger partial charge is 0.394 e. The summed E-state index contributed by atoms with van der Waals surface area (Å²) in [6, 6.07) is 1.64. The molecule has 0 atom stereocenters. The van der Waals surface area contributed by atoms with Gasteiger partial charge in [0.15, 0.2) is 0 Å². The molecule has 0 fully saturated rings. The quantitative estimate of drug-likeness (QED) is 0.686. The van der Waals surface area contributed by atoms with Gasteiger partial charge in [0.1, 0.15) is 5.69 Å².